The van der Waals surface area contributed by atoms with Crippen molar-refractivity contribution < 1.29 is 19.7 Å². The largest absolute Gasteiger partial charge is 0.389 e. The van der Waals surface area contributed by atoms with E-state index in [2.05, 4.69) is 4.90 Å². The number of aliphatic hydroxyl groups excluding tert-OH is 2. The van der Waals surface area contributed by atoms with Crippen LogP contribution in [0.15, 0.2) is 0 Å². The zero-order valence-corrected chi connectivity index (χ0v) is 14.6. The standard InChI is InChI=1S/C17H31N3O4/c1-19(13-10-24-11-14(21)15(13)22)12-4-8-20(9-5-12)16(23)17(18)6-2-3-7-17/h12-15,21-22H,2-11,18H2,1H3/t13-,14-,15+/m1/s1. The second-order valence-corrected chi connectivity index (χ2v) is 7.71. The van der Waals surface area contributed by atoms with Crippen molar-refractivity contribution in [3.63, 3.8) is 0 Å². The van der Waals surface area contributed by atoms with E-state index in [1.807, 2.05) is 11.9 Å². The predicted molar refractivity (Wildman–Crippen MR) is 89.4 cm³/mol. The average Bonchev–Trinajstić information content (AvgIpc) is 3.04. The van der Waals surface area contributed by atoms with Gasteiger partial charge in [-0.3, -0.25) is 9.69 Å². The third-order valence-corrected chi connectivity index (χ3v) is 6.14. The van der Waals surface area contributed by atoms with Crippen molar-refractivity contribution in [2.24, 2.45) is 5.73 Å². The van der Waals surface area contributed by atoms with Crippen molar-refractivity contribution in [2.75, 3.05) is 33.4 Å². The first-order valence-electron chi connectivity index (χ1n) is 9.16. The number of aliphatic hydroxyl groups is 2. The zero-order chi connectivity index (χ0) is 17.3. The van der Waals surface area contributed by atoms with Gasteiger partial charge in [-0.05, 0) is 32.7 Å². The molecule has 138 valence electrons. The summed E-state index contributed by atoms with van der Waals surface area (Å²) in [5, 5.41) is 20.0. The minimum atomic E-state index is -0.827. The molecule has 3 fully saturated rings. The van der Waals surface area contributed by atoms with Crippen LogP contribution < -0.4 is 5.73 Å². The highest BCUT2D eigenvalue weighted by atomic mass is 16.5. The number of likely N-dealkylation sites (tertiary alicyclic amines) is 1. The molecule has 2 aliphatic heterocycles. The maximum Gasteiger partial charge on any atom is 0.242 e. The fourth-order valence-electron chi connectivity index (χ4n) is 4.40. The molecule has 3 atom stereocenters. The molecule has 0 bridgehead atoms. The van der Waals surface area contributed by atoms with Crippen LogP contribution in [-0.2, 0) is 9.53 Å². The van der Waals surface area contributed by atoms with E-state index in [0.29, 0.717) is 19.7 Å². The molecule has 2 heterocycles. The van der Waals surface area contributed by atoms with Crippen LogP contribution >= 0.6 is 0 Å². The molecule has 7 heteroatoms. The second kappa shape index (κ2) is 7.25. The number of rotatable bonds is 3. The van der Waals surface area contributed by atoms with Crippen LogP contribution in [0.3, 0.4) is 0 Å². The van der Waals surface area contributed by atoms with E-state index < -0.39 is 17.7 Å². The third kappa shape index (κ3) is 3.46. The molecule has 0 unspecified atom stereocenters. The number of carbonyl (C=O) groups excluding carboxylic acids is 1. The summed E-state index contributed by atoms with van der Waals surface area (Å²) in [6.07, 6.45) is 3.80. The van der Waals surface area contributed by atoms with Gasteiger partial charge >= 0.3 is 0 Å². The average molecular weight is 341 g/mol. The Hall–Kier alpha value is -0.730. The topological polar surface area (TPSA) is 99.3 Å². The fraction of sp³-hybridized carbons (Fsp3) is 0.941. The van der Waals surface area contributed by atoms with E-state index in [1.54, 1.807) is 0 Å². The van der Waals surface area contributed by atoms with Crippen molar-refractivity contribution in [3.05, 3.63) is 0 Å². The maximum atomic E-state index is 12.7. The summed E-state index contributed by atoms with van der Waals surface area (Å²) in [7, 11) is 1.97. The highest BCUT2D eigenvalue weighted by molar-refractivity contribution is 5.86. The number of nitrogens with two attached hydrogens (primary N) is 1. The fourth-order valence-corrected chi connectivity index (χ4v) is 4.40. The lowest BCUT2D eigenvalue weighted by molar-refractivity contribution is -0.144. The van der Waals surface area contributed by atoms with Crippen LogP contribution in [0.5, 0.6) is 0 Å². The van der Waals surface area contributed by atoms with E-state index in [0.717, 1.165) is 38.5 Å². The first-order chi connectivity index (χ1) is 11.4. The van der Waals surface area contributed by atoms with Crippen LogP contribution in [0.25, 0.3) is 0 Å². The molecule has 7 nitrogen and oxygen atoms in total. The summed E-state index contributed by atoms with van der Waals surface area (Å²) < 4.78 is 5.38. The Morgan fingerprint density at radius 2 is 1.83 bits per heavy atom. The number of hydrogen-bond donors (Lipinski definition) is 3. The van der Waals surface area contributed by atoms with E-state index in [1.165, 1.54) is 0 Å². The number of hydrogen-bond acceptors (Lipinski definition) is 6. The highest BCUT2D eigenvalue weighted by Crippen LogP contribution is 2.30. The number of carbonyl (C=O) groups is 1. The van der Waals surface area contributed by atoms with Crippen molar-refractivity contribution in [3.8, 4) is 0 Å². The minimum Gasteiger partial charge on any atom is -0.389 e. The molecule has 0 radical (unpaired) electrons. The molecule has 1 aliphatic carbocycles. The number of ether oxygens (including phenoxy) is 1. The van der Waals surface area contributed by atoms with Crippen LogP contribution in [0.1, 0.15) is 38.5 Å². The van der Waals surface area contributed by atoms with Gasteiger partial charge in [-0.2, -0.15) is 0 Å². The van der Waals surface area contributed by atoms with Gasteiger partial charge in [-0.1, -0.05) is 12.8 Å². The number of amides is 1. The molecular formula is C17H31N3O4. The molecule has 3 rings (SSSR count). The van der Waals surface area contributed by atoms with E-state index in [4.69, 9.17) is 10.5 Å². The molecule has 0 spiro atoms. The Labute approximate surface area is 143 Å². The van der Waals surface area contributed by atoms with Gasteiger partial charge in [0.15, 0.2) is 0 Å². The number of piperidine rings is 1. The Kier molecular flexibility index (Phi) is 5.46. The Balaban J connectivity index is 1.54. The third-order valence-electron chi connectivity index (χ3n) is 6.14. The summed E-state index contributed by atoms with van der Waals surface area (Å²) in [6, 6.07) is 0.0802. The van der Waals surface area contributed by atoms with Gasteiger partial charge in [-0.15, -0.1) is 0 Å². The Bertz CT molecular complexity index is 447. The quantitative estimate of drug-likeness (QED) is 0.628. The lowest BCUT2D eigenvalue weighted by Gasteiger charge is -2.45. The summed E-state index contributed by atoms with van der Waals surface area (Å²) in [4.78, 5) is 16.7. The van der Waals surface area contributed by atoms with Gasteiger partial charge < -0.3 is 25.6 Å². The van der Waals surface area contributed by atoms with Crippen LogP contribution in [-0.4, -0.2) is 89.1 Å². The van der Waals surface area contributed by atoms with Crippen LogP contribution in [0.2, 0.25) is 0 Å². The van der Waals surface area contributed by atoms with E-state index in [-0.39, 0.29) is 24.6 Å². The first-order valence-corrected chi connectivity index (χ1v) is 9.16. The second-order valence-electron chi connectivity index (χ2n) is 7.71. The van der Waals surface area contributed by atoms with Gasteiger partial charge in [0, 0.05) is 19.1 Å². The lowest BCUT2D eigenvalue weighted by Crippen LogP contribution is -2.60. The first kappa shape index (κ1) is 18.1. The molecule has 0 aromatic rings. The van der Waals surface area contributed by atoms with Crippen molar-refractivity contribution in [2.45, 2.75) is 68.4 Å². The maximum absolute atomic E-state index is 12.7. The summed E-state index contributed by atoms with van der Waals surface area (Å²) in [5.74, 6) is 0.109. The zero-order valence-electron chi connectivity index (χ0n) is 14.6. The molecule has 1 amide bonds. The highest BCUT2D eigenvalue weighted by Gasteiger charge is 2.42. The van der Waals surface area contributed by atoms with Gasteiger partial charge in [0.25, 0.3) is 0 Å². The molecule has 4 N–H and O–H groups in total. The predicted octanol–water partition coefficient (Wildman–Crippen LogP) is -0.699. The molecule has 0 aromatic heterocycles. The van der Waals surface area contributed by atoms with E-state index in [9.17, 15) is 15.0 Å². The summed E-state index contributed by atoms with van der Waals surface area (Å²) >= 11 is 0. The van der Waals surface area contributed by atoms with Gasteiger partial charge in [0.2, 0.25) is 5.91 Å². The minimum absolute atomic E-state index is 0.109. The molecule has 3 aliphatic rings. The lowest BCUT2D eigenvalue weighted by atomic mass is 9.93. The summed E-state index contributed by atoms with van der Waals surface area (Å²) in [5.41, 5.74) is 5.66. The van der Waals surface area contributed by atoms with E-state index >= 15 is 0 Å². The number of likely N-dealkylation sites (N-methyl/N-ethyl adjacent to an activating group) is 1. The smallest absolute Gasteiger partial charge is 0.242 e. The Morgan fingerprint density at radius 1 is 1.21 bits per heavy atom. The van der Waals surface area contributed by atoms with Crippen molar-refractivity contribution >= 4 is 5.91 Å². The van der Waals surface area contributed by atoms with Gasteiger partial charge in [0.05, 0.1) is 30.9 Å². The normalized spacial score (nSPS) is 34.7. The Morgan fingerprint density at radius 3 is 2.46 bits per heavy atom. The number of nitrogens with zero attached hydrogens (tertiary/aromatic N) is 2. The monoisotopic (exact) mass is 341 g/mol. The van der Waals surface area contributed by atoms with Crippen molar-refractivity contribution in [1.82, 2.24) is 9.80 Å². The SMILES string of the molecule is CN(C1CCN(C(=O)C2(N)CCCC2)CC1)[C@@H]1COC[C@@H](O)[C@H]1O. The van der Waals surface area contributed by atoms with Crippen LogP contribution in [0, 0.1) is 0 Å². The van der Waals surface area contributed by atoms with Crippen molar-refractivity contribution in [1.29, 1.82) is 0 Å². The van der Waals surface area contributed by atoms with Crippen LogP contribution in [0.4, 0.5) is 0 Å². The van der Waals surface area contributed by atoms with Gasteiger partial charge in [0.1, 0.15) is 6.10 Å². The molecule has 24 heavy (non-hydrogen) atoms. The van der Waals surface area contributed by atoms with Gasteiger partial charge in [-0.25, -0.2) is 0 Å². The summed E-state index contributed by atoms with van der Waals surface area (Å²) in [6.45, 7) is 2.04. The molecule has 1 saturated carbocycles. The molecule has 0 aromatic carbocycles. The molecule has 2 saturated heterocycles. The molecular weight excluding hydrogens is 310 g/mol.